The predicted octanol–water partition coefficient (Wildman–Crippen LogP) is 14.4. The van der Waals surface area contributed by atoms with Gasteiger partial charge in [0.2, 0.25) is 0 Å². The number of para-hydroxylation sites is 1. The topological polar surface area (TPSA) is 16.4 Å². The molecule has 0 bridgehead atoms. The molecule has 0 aliphatic rings. The minimum Gasteiger partial charge on any atom is -0.456 e. The van der Waals surface area contributed by atoms with Gasteiger partial charge in [-0.1, -0.05) is 158 Å². The Morgan fingerprint density at radius 1 is 0.308 bits per heavy atom. The largest absolute Gasteiger partial charge is 0.456 e. The standard InChI is InChI=1S/C50H33NO/c1-3-14-42-36(10-1)12-7-17-43(42)38-24-22-34(23-25-38)35-26-30-40(31-27-35)51(47-19-8-13-37-11-2-4-15-44(37)47)41-32-28-39(29-33-41)45-18-9-21-49-50(45)46-16-5-6-20-48(46)52-49/h1-33H. The number of anilines is 3. The zero-order valence-corrected chi connectivity index (χ0v) is 28.4. The van der Waals surface area contributed by atoms with Crippen LogP contribution < -0.4 is 4.90 Å². The summed E-state index contributed by atoms with van der Waals surface area (Å²) in [6.07, 6.45) is 0. The maximum Gasteiger partial charge on any atom is 0.136 e. The summed E-state index contributed by atoms with van der Waals surface area (Å²) in [7, 11) is 0. The highest BCUT2D eigenvalue weighted by atomic mass is 16.3. The quantitative estimate of drug-likeness (QED) is 0.176. The first-order valence-corrected chi connectivity index (χ1v) is 17.8. The molecule has 244 valence electrons. The molecule has 10 rings (SSSR count). The maximum atomic E-state index is 6.21. The third-order valence-corrected chi connectivity index (χ3v) is 10.3. The fourth-order valence-electron chi connectivity index (χ4n) is 7.76. The second kappa shape index (κ2) is 12.5. The van der Waals surface area contributed by atoms with E-state index in [2.05, 4.69) is 193 Å². The molecule has 9 aromatic carbocycles. The van der Waals surface area contributed by atoms with E-state index in [0.29, 0.717) is 0 Å². The molecule has 0 atom stereocenters. The molecule has 2 nitrogen and oxygen atoms in total. The Kier molecular flexibility index (Phi) is 7.18. The van der Waals surface area contributed by atoms with Crippen molar-refractivity contribution < 1.29 is 4.42 Å². The number of hydrogen-bond donors (Lipinski definition) is 0. The molecule has 0 fully saturated rings. The van der Waals surface area contributed by atoms with Crippen LogP contribution in [0.2, 0.25) is 0 Å². The lowest BCUT2D eigenvalue weighted by atomic mass is 9.96. The van der Waals surface area contributed by atoms with Crippen LogP contribution in [0.3, 0.4) is 0 Å². The number of nitrogens with zero attached hydrogens (tertiary/aromatic N) is 1. The molecule has 0 aliphatic carbocycles. The summed E-state index contributed by atoms with van der Waals surface area (Å²) in [5.41, 5.74) is 12.3. The zero-order chi connectivity index (χ0) is 34.4. The van der Waals surface area contributed by atoms with Gasteiger partial charge < -0.3 is 9.32 Å². The Morgan fingerprint density at radius 3 is 1.50 bits per heavy atom. The van der Waals surface area contributed by atoms with Gasteiger partial charge in [-0.3, -0.25) is 0 Å². The molecular weight excluding hydrogens is 631 g/mol. The first-order chi connectivity index (χ1) is 25.8. The van der Waals surface area contributed by atoms with E-state index in [9.17, 15) is 0 Å². The van der Waals surface area contributed by atoms with Gasteiger partial charge in [0, 0.05) is 27.5 Å². The first-order valence-electron chi connectivity index (χ1n) is 17.8. The Balaban J connectivity index is 1.03. The van der Waals surface area contributed by atoms with Crippen molar-refractivity contribution in [2.45, 2.75) is 0 Å². The van der Waals surface area contributed by atoms with Crippen LogP contribution in [-0.2, 0) is 0 Å². The smallest absolute Gasteiger partial charge is 0.136 e. The first kappa shape index (κ1) is 30.0. The second-order valence-corrected chi connectivity index (χ2v) is 13.3. The van der Waals surface area contributed by atoms with Gasteiger partial charge in [-0.2, -0.15) is 0 Å². The van der Waals surface area contributed by atoms with E-state index in [0.717, 1.165) is 44.6 Å². The summed E-state index contributed by atoms with van der Waals surface area (Å²) in [5.74, 6) is 0. The van der Waals surface area contributed by atoms with E-state index in [1.54, 1.807) is 0 Å². The molecule has 10 aromatic rings. The number of fused-ring (bicyclic) bond motifs is 5. The van der Waals surface area contributed by atoms with Crippen LogP contribution in [0.15, 0.2) is 205 Å². The number of rotatable bonds is 6. The normalized spacial score (nSPS) is 11.5. The van der Waals surface area contributed by atoms with Gasteiger partial charge in [-0.15, -0.1) is 0 Å². The van der Waals surface area contributed by atoms with Gasteiger partial charge in [0.1, 0.15) is 11.2 Å². The molecule has 0 unspecified atom stereocenters. The van der Waals surface area contributed by atoms with Gasteiger partial charge >= 0.3 is 0 Å². The molecule has 52 heavy (non-hydrogen) atoms. The van der Waals surface area contributed by atoms with Gasteiger partial charge in [0.15, 0.2) is 0 Å². The van der Waals surface area contributed by atoms with Crippen LogP contribution in [0.1, 0.15) is 0 Å². The Hall–Kier alpha value is -6.90. The monoisotopic (exact) mass is 663 g/mol. The van der Waals surface area contributed by atoms with Crippen molar-refractivity contribution in [1.82, 2.24) is 0 Å². The van der Waals surface area contributed by atoms with Gasteiger partial charge in [0.05, 0.1) is 5.69 Å². The minimum absolute atomic E-state index is 0.906. The SMILES string of the molecule is c1ccc2c(-c3ccc(-c4ccc(N(c5ccc(-c6cccc7oc8ccccc8c67)cc5)c5cccc6ccccc56)cc4)cc3)cccc2c1. The molecule has 2 heteroatoms. The predicted molar refractivity (Wildman–Crippen MR) is 220 cm³/mol. The molecule has 0 saturated carbocycles. The van der Waals surface area contributed by atoms with Crippen molar-refractivity contribution in [2.24, 2.45) is 0 Å². The van der Waals surface area contributed by atoms with E-state index >= 15 is 0 Å². The van der Waals surface area contributed by atoms with Crippen LogP contribution in [-0.4, -0.2) is 0 Å². The van der Waals surface area contributed by atoms with E-state index < -0.39 is 0 Å². The van der Waals surface area contributed by atoms with Gasteiger partial charge in [0.25, 0.3) is 0 Å². The molecule has 0 aliphatic heterocycles. The molecule has 1 heterocycles. The maximum absolute atomic E-state index is 6.21. The lowest BCUT2D eigenvalue weighted by molar-refractivity contribution is 0.669. The molecule has 0 spiro atoms. The van der Waals surface area contributed by atoms with E-state index in [-0.39, 0.29) is 0 Å². The summed E-state index contributed by atoms with van der Waals surface area (Å²) in [4.78, 5) is 2.37. The molecule has 1 aromatic heterocycles. The zero-order valence-electron chi connectivity index (χ0n) is 28.4. The van der Waals surface area contributed by atoms with Crippen LogP contribution in [0.5, 0.6) is 0 Å². The van der Waals surface area contributed by atoms with Crippen molar-refractivity contribution in [3.63, 3.8) is 0 Å². The average molecular weight is 664 g/mol. The molecule has 0 N–H and O–H groups in total. The Labute approximate surface area is 302 Å². The summed E-state index contributed by atoms with van der Waals surface area (Å²) in [5, 5.41) is 7.24. The molecule has 0 radical (unpaired) electrons. The van der Waals surface area contributed by atoms with Crippen molar-refractivity contribution in [3.05, 3.63) is 200 Å². The van der Waals surface area contributed by atoms with E-state index in [1.165, 1.54) is 49.4 Å². The number of benzene rings is 9. The highest BCUT2D eigenvalue weighted by Crippen LogP contribution is 2.42. The summed E-state index contributed by atoms with van der Waals surface area (Å²) < 4.78 is 6.21. The summed E-state index contributed by atoms with van der Waals surface area (Å²) in [6.45, 7) is 0. The van der Waals surface area contributed by atoms with E-state index in [4.69, 9.17) is 4.42 Å². The fraction of sp³-hybridized carbons (Fsp3) is 0. The Morgan fingerprint density at radius 2 is 0.769 bits per heavy atom. The summed E-state index contributed by atoms with van der Waals surface area (Å²) in [6, 6.07) is 71.7. The fourth-order valence-corrected chi connectivity index (χ4v) is 7.76. The van der Waals surface area contributed by atoms with Gasteiger partial charge in [-0.25, -0.2) is 0 Å². The average Bonchev–Trinajstić information content (AvgIpc) is 3.61. The molecule has 0 amide bonds. The van der Waals surface area contributed by atoms with Crippen LogP contribution in [0, 0.1) is 0 Å². The van der Waals surface area contributed by atoms with Gasteiger partial charge in [-0.05, 0) is 92.0 Å². The van der Waals surface area contributed by atoms with Crippen LogP contribution >= 0.6 is 0 Å². The molecule has 0 saturated heterocycles. The lowest BCUT2D eigenvalue weighted by Crippen LogP contribution is -2.10. The number of hydrogen-bond acceptors (Lipinski definition) is 2. The summed E-state index contributed by atoms with van der Waals surface area (Å²) >= 11 is 0. The number of furan rings is 1. The lowest BCUT2D eigenvalue weighted by Gasteiger charge is -2.27. The third-order valence-electron chi connectivity index (χ3n) is 10.3. The highest BCUT2D eigenvalue weighted by Gasteiger charge is 2.17. The van der Waals surface area contributed by atoms with Crippen LogP contribution in [0.4, 0.5) is 17.1 Å². The third kappa shape index (κ3) is 5.12. The Bertz CT molecular complexity index is 2870. The van der Waals surface area contributed by atoms with Crippen LogP contribution in [0.25, 0.3) is 76.9 Å². The van der Waals surface area contributed by atoms with Crippen molar-refractivity contribution >= 4 is 60.5 Å². The van der Waals surface area contributed by atoms with Crippen molar-refractivity contribution in [2.75, 3.05) is 4.90 Å². The van der Waals surface area contributed by atoms with E-state index in [1.807, 2.05) is 12.1 Å². The highest BCUT2D eigenvalue weighted by molar-refractivity contribution is 6.12. The van der Waals surface area contributed by atoms with Crippen molar-refractivity contribution in [1.29, 1.82) is 0 Å². The van der Waals surface area contributed by atoms with Crippen molar-refractivity contribution in [3.8, 4) is 33.4 Å². The second-order valence-electron chi connectivity index (χ2n) is 13.3. The minimum atomic E-state index is 0.906. The molecular formula is C50H33NO.